The van der Waals surface area contributed by atoms with Crippen LogP contribution in [0.1, 0.15) is 12.8 Å². The molecule has 0 atom stereocenters. The molecule has 1 aromatic rings. The van der Waals surface area contributed by atoms with Gasteiger partial charge in [0.1, 0.15) is 11.5 Å². The number of carbonyl (C=O) groups excluding carboxylic acids is 1. The molecule has 0 unspecified atom stereocenters. The molecule has 1 aliphatic heterocycles. The van der Waals surface area contributed by atoms with Crippen LogP contribution in [0.4, 0.5) is 10.5 Å². The van der Waals surface area contributed by atoms with Crippen LogP contribution < -0.4 is 20.1 Å². The number of hydrogen-bond donors (Lipinski definition) is 3. The normalized spacial score (nSPS) is 16.7. The summed E-state index contributed by atoms with van der Waals surface area (Å²) in [5, 5.41) is 15.7. The molecular weight excluding hydrogens is 288 g/mol. The second kappa shape index (κ2) is 7.33. The number of rotatable bonds is 5. The van der Waals surface area contributed by atoms with E-state index in [1.165, 1.54) is 7.11 Å². The Morgan fingerprint density at radius 2 is 2.05 bits per heavy atom. The molecule has 1 aliphatic rings. The van der Waals surface area contributed by atoms with Gasteiger partial charge in [0.2, 0.25) is 0 Å². The van der Waals surface area contributed by atoms with Crippen LogP contribution in [-0.4, -0.2) is 50.7 Å². The Labute approximate surface area is 129 Å². The molecule has 122 valence electrons. The molecule has 0 bridgehead atoms. The van der Waals surface area contributed by atoms with E-state index in [0.29, 0.717) is 43.2 Å². The lowest BCUT2D eigenvalue weighted by Crippen LogP contribution is -2.47. The maximum atomic E-state index is 12.0. The van der Waals surface area contributed by atoms with E-state index in [1.54, 1.807) is 25.3 Å². The minimum absolute atomic E-state index is 0.181. The quantitative estimate of drug-likeness (QED) is 0.764. The molecule has 0 saturated carbocycles. The zero-order chi connectivity index (χ0) is 16.0. The third-order valence-electron chi connectivity index (χ3n) is 3.66. The maximum Gasteiger partial charge on any atom is 0.319 e. The molecule has 22 heavy (non-hydrogen) atoms. The number of aliphatic hydroxyl groups is 1. The molecule has 1 saturated heterocycles. The Hall–Kier alpha value is -1.99. The van der Waals surface area contributed by atoms with Crippen LogP contribution in [0, 0.1) is 0 Å². The molecule has 1 aromatic carbocycles. The molecule has 7 nitrogen and oxygen atoms in total. The molecule has 1 heterocycles. The van der Waals surface area contributed by atoms with E-state index in [-0.39, 0.29) is 6.54 Å². The van der Waals surface area contributed by atoms with E-state index in [2.05, 4.69) is 10.6 Å². The Kier molecular flexibility index (Phi) is 5.46. The summed E-state index contributed by atoms with van der Waals surface area (Å²) < 4.78 is 15.5. The van der Waals surface area contributed by atoms with E-state index in [4.69, 9.17) is 14.2 Å². The van der Waals surface area contributed by atoms with Gasteiger partial charge in [-0.25, -0.2) is 4.79 Å². The summed E-state index contributed by atoms with van der Waals surface area (Å²) in [4.78, 5) is 12.0. The van der Waals surface area contributed by atoms with Crippen molar-refractivity contribution in [1.29, 1.82) is 0 Å². The predicted molar refractivity (Wildman–Crippen MR) is 81.6 cm³/mol. The summed E-state index contributed by atoms with van der Waals surface area (Å²) in [5.41, 5.74) is -0.376. The predicted octanol–water partition coefficient (Wildman–Crippen LogP) is 1.37. The fourth-order valence-electron chi connectivity index (χ4n) is 2.24. The highest BCUT2D eigenvalue weighted by Crippen LogP contribution is 2.29. The van der Waals surface area contributed by atoms with E-state index < -0.39 is 11.6 Å². The van der Waals surface area contributed by atoms with Gasteiger partial charge in [0.15, 0.2) is 0 Å². The van der Waals surface area contributed by atoms with Gasteiger partial charge in [0, 0.05) is 38.7 Å². The van der Waals surface area contributed by atoms with Gasteiger partial charge in [-0.3, -0.25) is 0 Å². The number of nitrogens with one attached hydrogen (secondary N) is 2. The largest absolute Gasteiger partial charge is 0.497 e. The number of urea groups is 1. The van der Waals surface area contributed by atoms with E-state index in [0.717, 1.165) is 0 Å². The molecule has 2 rings (SSSR count). The maximum absolute atomic E-state index is 12.0. The number of ether oxygens (including phenoxy) is 3. The summed E-state index contributed by atoms with van der Waals surface area (Å²) in [6, 6.07) is 4.70. The standard InChI is InChI=1S/C15H22N2O5/c1-20-11-3-4-12(13(9-11)21-2)17-14(18)16-10-15(19)5-7-22-8-6-15/h3-4,9,19H,5-8,10H2,1-2H3,(H2,16,17,18). The van der Waals surface area contributed by atoms with Gasteiger partial charge in [-0.1, -0.05) is 0 Å². The zero-order valence-corrected chi connectivity index (χ0v) is 12.8. The van der Waals surface area contributed by atoms with Crippen molar-refractivity contribution in [1.82, 2.24) is 5.32 Å². The van der Waals surface area contributed by atoms with Crippen molar-refractivity contribution in [3.05, 3.63) is 18.2 Å². The Morgan fingerprint density at radius 1 is 1.32 bits per heavy atom. The summed E-state index contributed by atoms with van der Waals surface area (Å²) >= 11 is 0. The minimum atomic E-state index is -0.903. The lowest BCUT2D eigenvalue weighted by Gasteiger charge is -2.32. The van der Waals surface area contributed by atoms with Crippen molar-refractivity contribution < 1.29 is 24.1 Å². The molecule has 0 spiro atoms. The van der Waals surface area contributed by atoms with Crippen molar-refractivity contribution in [3.8, 4) is 11.5 Å². The second-order valence-corrected chi connectivity index (χ2v) is 5.21. The first-order valence-electron chi connectivity index (χ1n) is 7.13. The number of methoxy groups -OCH3 is 2. The molecule has 3 N–H and O–H groups in total. The lowest BCUT2D eigenvalue weighted by atomic mass is 9.94. The van der Waals surface area contributed by atoms with E-state index in [9.17, 15) is 9.90 Å². The van der Waals surface area contributed by atoms with Gasteiger partial charge in [-0.2, -0.15) is 0 Å². The number of anilines is 1. The first kappa shape index (κ1) is 16.4. The number of amides is 2. The average molecular weight is 310 g/mol. The van der Waals surface area contributed by atoms with Crippen LogP contribution in [0.3, 0.4) is 0 Å². The number of hydrogen-bond acceptors (Lipinski definition) is 5. The fraction of sp³-hybridized carbons (Fsp3) is 0.533. The third-order valence-corrected chi connectivity index (χ3v) is 3.66. The Bertz CT molecular complexity index is 515. The molecule has 0 aliphatic carbocycles. The first-order valence-corrected chi connectivity index (χ1v) is 7.13. The van der Waals surface area contributed by atoms with Gasteiger partial charge in [-0.15, -0.1) is 0 Å². The van der Waals surface area contributed by atoms with Crippen LogP contribution in [-0.2, 0) is 4.74 Å². The van der Waals surface area contributed by atoms with Crippen LogP contribution in [0.15, 0.2) is 18.2 Å². The minimum Gasteiger partial charge on any atom is -0.497 e. The molecule has 0 aromatic heterocycles. The highest BCUT2D eigenvalue weighted by molar-refractivity contribution is 5.91. The van der Waals surface area contributed by atoms with Crippen LogP contribution >= 0.6 is 0 Å². The first-order chi connectivity index (χ1) is 10.6. The van der Waals surface area contributed by atoms with Crippen molar-refractivity contribution >= 4 is 11.7 Å². The lowest BCUT2D eigenvalue weighted by molar-refractivity contribution is -0.0598. The van der Waals surface area contributed by atoms with Crippen molar-refractivity contribution in [2.75, 3.05) is 39.3 Å². The van der Waals surface area contributed by atoms with E-state index in [1.807, 2.05) is 0 Å². The molecule has 0 radical (unpaired) electrons. The van der Waals surface area contributed by atoms with Crippen LogP contribution in [0.5, 0.6) is 11.5 Å². The summed E-state index contributed by atoms with van der Waals surface area (Å²) in [6.07, 6.45) is 1.03. The molecular formula is C15H22N2O5. The average Bonchev–Trinajstić information content (AvgIpc) is 2.54. The Balaban J connectivity index is 1.91. The number of carbonyl (C=O) groups is 1. The van der Waals surface area contributed by atoms with Gasteiger partial charge in [-0.05, 0) is 12.1 Å². The van der Waals surface area contributed by atoms with Gasteiger partial charge >= 0.3 is 6.03 Å². The van der Waals surface area contributed by atoms with Gasteiger partial charge in [0.25, 0.3) is 0 Å². The van der Waals surface area contributed by atoms with Crippen molar-refractivity contribution in [2.45, 2.75) is 18.4 Å². The topological polar surface area (TPSA) is 89.1 Å². The molecule has 2 amide bonds. The van der Waals surface area contributed by atoms with Crippen LogP contribution in [0.2, 0.25) is 0 Å². The molecule has 7 heteroatoms. The van der Waals surface area contributed by atoms with Crippen molar-refractivity contribution in [3.63, 3.8) is 0 Å². The number of benzene rings is 1. The smallest absolute Gasteiger partial charge is 0.319 e. The van der Waals surface area contributed by atoms with Crippen molar-refractivity contribution in [2.24, 2.45) is 0 Å². The fourth-order valence-corrected chi connectivity index (χ4v) is 2.24. The monoisotopic (exact) mass is 310 g/mol. The Morgan fingerprint density at radius 3 is 2.68 bits per heavy atom. The third kappa shape index (κ3) is 4.25. The highest BCUT2D eigenvalue weighted by atomic mass is 16.5. The SMILES string of the molecule is COc1ccc(NC(=O)NCC2(O)CCOCC2)c(OC)c1. The van der Waals surface area contributed by atoms with Gasteiger partial charge in [0.05, 0.1) is 25.5 Å². The summed E-state index contributed by atoms with van der Waals surface area (Å²) in [5.74, 6) is 1.14. The van der Waals surface area contributed by atoms with Crippen LogP contribution in [0.25, 0.3) is 0 Å². The summed E-state index contributed by atoms with van der Waals surface area (Å²) in [7, 11) is 3.08. The molecule has 1 fully saturated rings. The van der Waals surface area contributed by atoms with E-state index >= 15 is 0 Å². The zero-order valence-electron chi connectivity index (χ0n) is 12.8. The summed E-state index contributed by atoms with van der Waals surface area (Å²) in [6.45, 7) is 1.19. The second-order valence-electron chi connectivity index (χ2n) is 5.21. The van der Waals surface area contributed by atoms with Gasteiger partial charge < -0.3 is 30.0 Å². The highest BCUT2D eigenvalue weighted by Gasteiger charge is 2.30.